The molecule has 0 aliphatic carbocycles. The molecular formula is C13H17ClN2O. The van der Waals surface area contributed by atoms with E-state index in [1.807, 2.05) is 11.9 Å². The van der Waals surface area contributed by atoms with Gasteiger partial charge in [-0.25, -0.2) is 0 Å². The average molecular weight is 253 g/mol. The van der Waals surface area contributed by atoms with Crippen molar-refractivity contribution in [2.24, 2.45) is 5.92 Å². The highest BCUT2D eigenvalue weighted by molar-refractivity contribution is 6.30. The van der Waals surface area contributed by atoms with Crippen molar-refractivity contribution < 1.29 is 4.79 Å². The zero-order valence-electron chi connectivity index (χ0n) is 9.95. The maximum Gasteiger partial charge on any atom is 0.253 e. The number of nitrogens with one attached hydrogen (secondary N) is 1. The van der Waals surface area contributed by atoms with E-state index in [1.54, 1.807) is 24.3 Å². The number of hydrogen-bond donors (Lipinski definition) is 1. The molecule has 1 heterocycles. The van der Waals surface area contributed by atoms with E-state index >= 15 is 0 Å². The molecule has 1 aromatic rings. The molecule has 1 amide bonds. The van der Waals surface area contributed by atoms with Crippen LogP contribution in [0.5, 0.6) is 0 Å². The number of halogens is 1. The Hall–Kier alpha value is -1.06. The lowest BCUT2D eigenvalue weighted by atomic mass is 10.1. The number of rotatable bonds is 3. The Morgan fingerprint density at radius 2 is 2.18 bits per heavy atom. The van der Waals surface area contributed by atoms with Crippen LogP contribution in [-0.4, -0.2) is 37.5 Å². The van der Waals surface area contributed by atoms with Gasteiger partial charge in [0.05, 0.1) is 0 Å². The standard InChI is InChI=1S/C13H17ClN2O/c1-15-8-10-6-7-16(9-10)13(17)11-2-4-12(14)5-3-11/h2-5,10,15H,6-9H2,1H3. The van der Waals surface area contributed by atoms with E-state index < -0.39 is 0 Å². The molecule has 0 spiro atoms. The van der Waals surface area contributed by atoms with Gasteiger partial charge in [0.15, 0.2) is 0 Å². The second-order valence-corrected chi connectivity index (χ2v) is 4.91. The molecule has 0 bridgehead atoms. The highest BCUT2D eigenvalue weighted by Gasteiger charge is 2.26. The zero-order chi connectivity index (χ0) is 12.3. The van der Waals surface area contributed by atoms with Crippen LogP contribution in [-0.2, 0) is 0 Å². The molecule has 1 aromatic carbocycles. The highest BCUT2D eigenvalue weighted by Crippen LogP contribution is 2.19. The first-order valence-corrected chi connectivity index (χ1v) is 6.28. The molecule has 0 radical (unpaired) electrons. The van der Waals surface area contributed by atoms with E-state index in [9.17, 15) is 4.79 Å². The molecule has 4 heteroatoms. The van der Waals surface area contributed by atoms with Gasteiger partial charge in [0.2, 0.25) is 0 Å². The summed E-state index contributed by atoms with van der Waals surface area (Å²) >= 11 is 5.81. The summed E-state index contributed by atoms with van der Waals surface area (Å²) in [5.74, 6) is 0.691. The molecule has 2 rings (SSSR count). The largest absolute Gasteiger partial charge is 0.338 e. The van der Waals surface area contributed by atoms with Crippen LogP contribution < -0.4 is 5.32 Å². The number of benzene rings is 1. The lowest BCUT2D eigenvalue weighted by molar-refractivity contribution is 0.0787. The molecule has 0 saturated carbocycles. The van der Waals surface area contributed by atoms with Crippen molar-refractivity contribution in [3.8, 4) is 0 Å². The van der Waals surface area contributed by atoms with Crippen LogP contribution in [0.4, 0.5) is 0 Å². The molecule has 1 unspecified atom stereocenters. The normalized spacial score (nSPS) is 19.6. The summed E-state index contributed by atoms with van der Waals surface area (Å²) in [5.41, 5.74) is 0.722. The Morgan fingerprint density at radius 3 is 2.82 bits per heavy atom. The van der Waals surface area contributed by atoms with Crippen LogP contribution in [0.3, 0.4) is 0 Å². The van der Waals surface area contributed by atoms with Crippen molar-refractivity contribution in [3.05, 3.63) is 34.9 Å². The van der Waals surface area contributed by atoms with Crippen molar-refractivity contribution in [3.63, 3.8) is 0 Å². The number of nitrogens with zero attached hydrogens (tertiary/aromatic N) is 1. The molecule has 1 saturated heterocycles. The topological polar surface area (TPSA) is 32.3 Å². The van der Waals surface area contributed by atoms with Gasteiger partial charge in [0, 0.05) is 23.7 Å². The van der Waals surface area contributed by atoms with Gasteiger partial charge in [-0.15, -0.1) is 0 Å². The molecule has 1 N–H and O–H groups in total. The minimum Gasteiger partial charge on any atom is -0.338 e. The first-order valence-electron chi connectivity index (χ1n) is 5.90. The summed E-state index contributed by atoms with van der Waals surface area (Å²) in [5, 5.41) is 3.82. The first-order chi connectivity index (χ1) is 8.20. The fourth-order valence-corrected chi connectivity index (χ4v) is 2.37. The molecular weight excluding hydrogens is 236 g/mol. The lowest BCUT2D eigenvalue weighted by Gasteiger charge is -2.16. The molecule has 17 heavy (non-hydrogen) atoms. The van der Waals surface area contributed by atoms with Crippen molar-refractivity contribution in [2.75, 3.05) is 26.7 Å². The molecule has 1 fully saturated rings. The minimum absolute atomic E-state index is 0.111. The highest BCUT2D eigenvalue weighted by atomic mass is 35.5. The SMILES string of the molecule is CNCC1CCN(C(=O)c2ccc(Cl)cc2)C1. The predicted molar refractivity (Wildman–Crippen MR) is 69.4 cm³/mol. The average Bonchev–Trinajstić information content (AvgIpc) is 2.78. The Balaban J connectivity index is 1.99. The van der Waals surface area contributed by atoms with Crippen molar-refractivity contribution in [1.82, 2.24) is 10.2 Å². The molecule has 1 aliphatic heterocycles. The first kappa shape index (κ1) is 12.4. The molecule has 0 aromatic heterocycles. The second kappa shape index (κ2) is 5.52. The molecule has 1 atom stereocenters. The van der Waals surface area contributed by atoms with Gasteiger partial charge in [0.25, 0.3) is 5.91 Å². The Kier molecular flexibility index (Phi) is 4.02. The van der Waals surface area contributed by atoms with Crippen LogP contribution in [0, 0.1) is 5.92 Å². The summed E-state index contributed by atoms with van der Waals surface area (Å²) < 4.78 is 0. The number of likely N-dealkylation sites (tertiary alicyclic amines) is 1. The van der Waals surface area contributed by atoms with Gasteiger partial charge >= 0.3 is 0 Å². The van der Waals surface area contributed by atoms with Crippen LogP contribution in [0.25, 0.3) is 0 Å². The minimum atomic E-state index is 0.111. The maximum atomic E-state index is 12.2. The smallest absolute Gasteiger partial charge is 0.253 e. The summed E-state index contributed by atoms with van der Waals surface area (Å²) in [6.45, 7) is 2.68. The fraction of sp³-hybridized carbons (Fsp3) is 0.462. The summed E-state index contributed by atoms with van der Waals surface area (Å²) in [6.07, 6.45) is 1.08. The summed E-state index contributed by atoms with van der Waals surface area (Å²) in [6, 6.07) is 7.10. The van der Waals surface area contributed by atoms with Gasteiger partial charge in [-0.3, -0.25) is 4.79 Å². The Labute approximate surface area is 107 Å². The van der Waals surface area contributed by atoms with Crippen LogP contribution >= 0.6 is 11.6 Å². The van der Waals surface area contributed by atoms with E-state index in [-0.39, 0.29) is 5.91 Å². The Morgan fingerprint density at radius 1 is 1.47 bits per heavy atom. The van der Waals surface area contributed by atoms with Crippen molar-refractivity contribution in [1.29, 1.82) is 0 Å². The lowest BCUT2D eigenvalue weighted by Crippen LogP contribution is -2.30. The number of amides is 1. The van der Waals surface area contributed by atoms with Crippen molar-refractivity contribution in [2.45, 2.75) is 6.42 Å². The van der Waals surface area contributed by atoms with E-state index in [4.69, 9.17) is 11.6 Å². The van der Waals surface area contributed by atoms with Gasteiger partial charge in [-0.05, 0) is 50.2 Å². The van der Waals surface area contributed by atoms with Crippen molar-refractivity contribution >= 4 is 17.5 Å². The second-order valence-electron chi connectivity index (χ2n) is 4.47. The fourth-order valence-electron chi connectivity index (χ4n) is 2.25. The predicted octanol–water partition coefficient (Wildman–Crippen LogP) is 2.02. The van der Waals surface area contributed by atoms with Crippen LogP contribution in [0.15, 0.2) is 24.3 Å². The van der Waals surface area contributed by atoms with Crippen LogP contribution in [0.2, 0.25) is 5.02 Å². The number of carbonyl (C=O) groups is 1. The van der Waals surface area contributed by atoms with Gasteiger partial charge in [0.1, 0.15) is 0 Å². The summed E-state index contributed by atoms with van der Waals surface area (Å²) in [7, 11) is 1.95. The van der Waals surface area contributed by atoms with Gasteiger partial charge in [-0.2, -0.15) is 0 Å². The van der Waals surface area contributed by atoms with Crippen LogP contribution in [0.1, 0.15) is 16.8 Å². The summed E-state index contributed by atoms with van der Waals surface area (Å²) in [4.78, 5) is 14.1. The third kappa shape index (κ3) is 2.99. The third-order valence-electron chi connectivity index (χ3n) is 3.16. The maximum absolute atomic E-state index is 12.2. The van der Waals surface area contributed by atoms with E-state index in [0.29, 0.717) is 10.9 Å². The quantitative estimate of drug-likeness (QED) is 0.893. The molecule has 3 nitrogen and oxygen atoms in total. The van der Waals surface area contributed by atoms with E-state index in [1.165, 1.54) is 0 Å². The molecule has 1 aliphatic rings. The number of hydrogen-bond acceptors (Lipinski definition) is 2. The number of carbonyl (C=O) groups excluding carboxylic acids is 1. The monoisotopic (exact) mass is 252 g/mol. The molecule has 92 valence electrons. The van der Waals surface area contributed by atoms with Gasteiger partial charge < -0.3 is 10.2 Å². The third-order valence-corrected chi connectivity index (χ3v) is 3.41. The van der Waals surface area contributed by atoms with E-state index in [0.717, 1.165) is 31.6 Å². The van der Waals surface area contributed by atoms with Gasteiger partial charge in [-0.1, -0.05) is 11.6 Å². The van der Waals surface area contributed by atoms with E-state index in [2.05, 4.69) is 5.32 Å². The Bertz CT molecular complexity index is 391. The zero-order valence-corrected chi connectivity index (χ0v) is 10.7.